The highest BCUT2D eigenvalue weighted by atomic mass is 16.7. The van der Waals surface area contributed by atoms with Crippen molar-refractivity contribution in [2.75, 3.05) is 7.11 Å². The van der Waals surface area contributed by atoms with E-state index in [1.807, 2.05) is 32.9 Å². The fraction of sp³-hybridized carbons (Fsp3) is 0.348. The molecule has 2 heterocycles. The molecule has 0 bridgehead atoms. The van der Waals surface area contributed by atoms with Crippen molar-refractivity contribution >= 4 is 17.1 Å². The van der Waals surface area contributed by atoms with Gasteiger partial charge in [0.25, 0.3) is 0 Å². The molecule has 28 heavy (non-hydrogen) atoms. The molecule has 0 N–H and O–H groups in total. The Morgan fingerprint density at radius 1 is 1.07 bits per heavy atom. The fourth-order valence-electron chi connectivity index (χ4n) is 3.34. The summed E-state index contributed by atoms with van der Waals surface area (Å²) in [5, 5.41) is 1.08. The molecule has 5 heteroatoms. The zero-order valence-corrected chi connectivity index (χ0v) is 17.3. The number of hydrogen-bond donors (Lipinski definition) is 0. The van der Waals surface area contributed by atoms with Gasteiger partial charge >= 0.3 is 6.16 Å². The average molecular weight is 378 g/mol. The van der Waals surface area contributed by atoms with Gasteiger partial charge in [0, 0.05) is 34.3 Å². The number of carbonyl (C=O) groups excluding carboxylic acids is 1. The fourth-order valence-corrected chi connectivity index (χ4v) is 3.34. The van der Waals surface area contributed by atoms with Gasteiger partial charge in [0.1, 0.15) is 5.75 Å². The van der Waals surface area contributed by atoms with Crippen molar-refractivity contribution in [1.29, 1.82) is 0 Å². The van der Waals surface area contributed by atoms with E-state index >= 15 is 0 Å². The van der Waals surface area contributed by atoms with E-state index in [9.17, 15) is 4.79 Å². The lowest BCUT2D eigenvalue weighted by Crippen LogP contribution is -2.14. The maximum atomic E-state index is 11.9. The predicted molar refractivity (Wildman–Crippen MR) is 110 cm³/mol. The van der Waals surface area contributed by atoms with Crippen LogP contribution in [0.1, 0.15) is 53.5 Å². The third-order valence-electron chi connectivity index (χ3n) is 4.93. The van der Waals surface area contributed by atoms with E-state index in [1.54, 1.807) is 0 Å². The van der Waals surface area contributed by atoms with Gasteiger partial charge in [-0.1, -0.05) is 26.0 Å². The number of ether oxygens (including phenoxy) is 2. The molecule has 0 saturated heterocycles. The molecule has 3 rings (SSSR count). The number of aromatic nitrogens is 2. The molecule has 1 aromatic carbocycles. The standard InChI is InChI=1S/C23H26N2O3/c1-13(2)21-19(22(28-23(26)27-6)15(4)16(5)25-21)12-17-8-10-20-18(11-17)9-7-14(3)24-20/h7-11,13H,12H2,1-6H3. The van der Waals surface area contributed by atoms with E-state index in [0.717, 1.165) is 44.7 Å². The Labute approximate surface area is 165 Å². The van der Waals surface area contributed by atoms with Crippen molar-refractivity contribution in [2.45, 2.75) is 47.0 Å². The van der Waals surface area contributed by atoms with E-state index in [4.69, 9.17) is 14.5 Å². The molecule has 0 aliphatic carbocycles. The number of hydrogen-bond acceptors (Lipinski definition) is 5. The van der Waals surface area contributed by atoms with E-state index in [-0.39, 0.29) is 5.92 Å². The van der Waals surface area contributed by atoms with Crippen molar-refractivity contribution in [2.24, 2.45) is 0 Å². The molecule has 146 valence electrons. The first kappa shape index (κ1) is 19.8. The van der Waals surface area contributed by atoms with Crippen LogP contribution in [-0.2, 0) is 11.2 Å². The van der Waals surface area contributed by atoms with E-state index < -0.39 is 6.16 Å². The first-order chi connectivity index (χ1) is 13.3. The van der Waals surface area contributed by atoms with Gasteiger partial charge in [-0.05, 0) is 50.5 Å². The molecule has 0 spiro atoms. The maximum absolute atomic E-state index is 11.9. The summed E-state index contributed by atoms with van der Waals surface area (Å²) in [4.78, 5) is 21.2. The van der Waals surface area contributed by atoms with Crippen molar-refractivity contribution in [3.63, 3.8) is 0 Å². The number of aryl methyl sites for hydroxylation is 2. The van der Waals surface area contributed by atoms with Gasteiger partial charge in [0.2, 0.25) is 0 Å². The van der Waals surface area contributed by atoms with Gasteiger partial charge in [-0.15, -0.1) is 0 Å². The second kappa shape index (κ2) is 7.97. The third-order valence-corrected chi connectivity index (χ3v) is 4.93. The van der Waals surface area contributed by atoms with Crippen LogP contribution in [0, 0.1) is 20.8 Å². The SMILES string of the molecule is COC(=O)Oc1c(C)c(C)nc(C(C)C)c1Cc1ccc2nc(C)ccc2c1. The van der Waals surface area contributed by atoms with Crippen LogP contribution in [0.2, 0.25) is 0 Å². The Kier molecular flexibility index (Phi) is 5.63. The molecule has 0 aliphatic rings. The Morgan fingerprint density at radius 2 is 1.82 bits per heavy atom. The largest absolute Gasteiger partial charge is 0.513 e. The monoisotopic (exact) mass is 378 g/mol. The quantitative estimate of drug-likeness (QED) is 0.568. The maximum Gasteiger partial charge on any atom is 0.513 e. The summed E-state index contributed by atoms with van der Waals surface area (Å²) < 4.78 is 10.3. The van der Waals surface area contributed by atoms with Crippen LogP contribution < -0.4 is 4.74 Å². The average Bonchev–Trinajstić information content (AvgIpc) is 2.66. The van der Waals surface area contributed by atoms with Gasteiger partial charge in [0.05, 0.1) is 18.3 Å². The summed E-state index contributed by atoms with van der Waals surface area (Å²) in [6.07, 6.45) is -0.111. The molecule has 0 radical (unpaired) electrons. The van der Waals surface area contributed by atoms with E-state index in [2.05, 4.69) is 37.0 Å². The smallest absolute Gasteiger partial charge is 0.437 e. The Bertz CT molecular complexity index is 1040. The molecule has 0 aliphatic heterocycles. The highest BCUT2D eigenvalue weighted by Crippen LogP contribution is 2.34. The molecular formula is C23H26N2O3. The van der Waals surface area contributed by atoms with Crippen molar-refractivity contribution in [3.8, 4) is 5.75 Å². The van der Waals surface area contributed by atoms with Crippen LogP contribution in [0.5, 0.6) is 5.75 Å². The van der Waals surface area contributed by atoms with E-state index in [0.29, 0.717) is 12.2 Å². The van der Waals surface area contributed by atoms with Gasteiger partial charge in [-0.3, -0.25) is 9.97 Å². The van der Waals surface area contributed by atoms with Crippen LogP contribution in [-0.4, -0.2) is 23.2 Å². The van der Waals surface area contributed by atoms with Crippen LogP contribution in [0.4, 0.5) is 4.79 Å². The summed E-state index contributed by atoms with van der Waals surface area (Å²) in [5.41, 5.74) is 6.63. The minimum Gasteiger partial charge on any atom is -0.437 e. The predicted octanol–water partition coefficient (Wildman–Crippen LogP) is 5.41. The van der Waals surface area contributed by atoms with Gasteiger partial charge in [0.15, 0.2) is 0 Å². The summed E-state index contributed by atoms with van der Waals surface area (Å²) >= 11 is 0. The van der Waals surface area contributed by atoms with Crippen molar-refractivity contribution in [3.05, 3.63) is 64.1 Å². The molecule has 0 amide bonds. The minimum absolute atomic E-state index is 0.194. The number of benzene rings is 1. The molecule has 0 atom stereocenters. The molecule has 2 aromatic heterocycles. The number of methoxy groups -OCH3 is 1. The zero-order chi connectivity index (χ0) is 20.4. The first-order valence-electron chi connectivity index (χ1n) is 9.42. The normalized spacial score (nSPS) is 11.1. The number of pyridine rings is 2. The molecule has 0 saturated carbocycles. The van der Waals surface area contributed by atoms with E-state index in [1.165, 1.54) is 7.11 Å². The Hall–Kier alpha value is -2.95. The zero-order valence-electron chi connectivity index (χ0n) is 17.3. The molecule has 0 fully saturated rings. The third kappa shape index (κ3) is 3.98. The van der Waals surface area contributed by atoms with Crippen molar-refractivity contribution in [1.82, 2.24) is 9.97 Å². The number of nitrogens with zero attached hydrogens (tertiary/aromatic N) is 2. The van der Waals surface area contributed by atoms with Crippen LogP contribution >= 0.6 is 0 Å². The van der Waals surface area contributed by atoms with Gasteiger partial charge in [-0.25, -0.2) is 4.79 Å². The minimum atomic E-state index is -0.720. The summed E-state index contributed by atoms with van der Waals surface area (Å²) in [7, 11) is 1.31. The van der Waals surface area contributed by atoms with Crippen molar-refractivity contribution < 1.29 is 14.3 Å². The first-order valence-corrected chi connectivity index (χ1v) is 9.42. The molecule has 0 unspecified atom stereocenters. The van der Waals surface area contributed by atoms with Gasteiger partial charge in [-0.2, -0.15) is 0 Å². The number of carbonyl (C=O) groups is 1. The van der Waals surface area contributed by atoms with Gasteiger partial charge < -0.3 is 9.47 Å². The van der Waals surface area contributed by atoms with Crippen LogP contribution in [0.15, 0.2) is 30.3 Å². The molecule has 5 nitrogen and oxygen atoms in total. The Morgan fingerprint density at radius 3 is 2.50 bits per heavy atom. The number of rotatable bonds is 4. The second-order valence-corrected chi connectivity index (χ2v) is 7.38. The molecular weight excluding hydrogens is 352 g/mol. The lowest BCUT2D eigenvalue weighted by molar-refractivity contribution is 0.120. The summed E-state index contributed by atoms with van der Waals surface area (Å²) in [6, 6.07) is 10.3. The lowest BCUT2D eigenvalue weighted by atomic mass is 9.94. The topological polar surface area (TPSA) is 61.3 Å². The lowest BCUT2D eigenvalue weighted by Gasteiger charge is -2.20. The Balaban J connectivity index is 2.12. The highest BCUT2D eigenvalue weighted by Gasteiger charge is 2.21. The summed E-state index contributed by atoms with van der Waals surface area (Å²) in [5.74, 6) is 0.740. The highest BCUT2D eigenvalue weighted by molar-refractivity contribution is 5.79. The summed E-state index contributed by atoms with van der Waals surface area (Å²) in [6.45, 7) is 10.0. The number of fused-ring (bicyclic) bond motifs is 1. The van der Waals surface area contributed by atoms with Crippen LogP contribution in [0.3, 0.4) is 0 Å². The molecule has 3 aromatic rings. The second-order valence-electron chi connectivity index (χ2n) is 7.38. The van der Waals surface area contributed by atoms with Crippen LogP contribution in [0.25, 0.3) is 10.9 Å².